The zero-order valence-corrected chi connectivity index (χ0v) is 16.9. The van der Waals surface area contributed by atoms with Gasteiger partial charge in [-0.3, -0.25) is 4.79 Å². The van der Waals surface area contributed by atoms with Crippen LogP contribution in [0.1, 0.15) is 27.0 Å². The van der Waals surface area contributed by atoms with Crippen LogP contribution in [0.15, 0.2) is 109 Å². The van der Waals surface area contributed by atoms with Gasteiger partial charge in [0.15, 0.2) is 0 Å². The maximum Gasteiger partial charge on any atom is 0.256 e. The largest absolute Gasteiger partial charge is 0.376 e. The minimum Gasteiger partial charge on any atom is -0.376 e. The van der Waals surface area contributed by atoms with Crippen molar-refractivity contribution >= 4 is 23.2 Å². The van der Waals surface area contributed by atoms with Crippen LogP contribution in [0.3, 0.4) is 0 Å². The number of carbonyl (C=O) groups excluding carboxylic acids is 1. The van der Waals surface area contributed by atoms with Gasteiger partial charge in [0.1, 0.15) is 5.60 Å². The number of halogens is 1. The zero-order chi connectivity index (χ0) is 21.0. The molecule has 148 valence electrons. The highest BCUT2D eigenvalue weighted by Crippen LogP contribution is 2.39. The van der Waals surface area contributed by atoms with E-state index < -0.39 is 5.60 Å². The Morgan fingerprint density at radius 2 is 1.23 bits per heavy atom. The van der Waals surface area contributed by atoms with E-state index in [9.17, 15) is 9.90 Å². The summed E-state index contributed by atoms with van der Waals surface area (Å²) in [6.07, 6.45) is 0. The number of carbonyl (C=O) groups is 1. The van der Waals surface area contributed by atoms with Gasteiger partial charge in [0.05, 0.1) is 0 Å². The third kappa shape index (κ3) is 3.86. The lowest BCUT2D eigenvalue weighted by molar-refractivity contribution is 0.0996. The molecule has 0 aromatic heterocycles. The molecule has 0 aliphatic carbocycles. The summed E-state index contributed by atoms with van der Waals surface area (Å²) in [6, 6.07) is 32.7. The highest BCUT2D eigenvalue weighted by Gasteiger charge is 2.36. The minimum atomic E-state index is -1.53. The molecule has 1 amide bonds. The number of hydrogen-bond acceptors (Lipinski definition) is 2. The van der Waals surface area contributed by atoms with Gasteiger partial charge in [0.2, 0.25) is 0 Å². The lowest BCUT2D eigenvalue weighted by atomic mass is 9.78. The highest BCUT2D eigenvalue weighted by atomic mass is 35.5. The predicted molar refractivity (Wildman–Crippen MR) is 121 cm³/mol. The number of aliphatic hydroxyl groups is 1. The van der Waals surface area contributed by atoms with E-state index in [0.29, 0.717) is 33.0 Å². The molecule has 1 atom stereocenters. The van der Waals surface area contributed by atoms with Gasteiger partial charge in [0.25, 0.3) is 5.91 Å². The molecule has 0 heterocycles. The zero-order valence-electron chi connectivity index (χ0n) is 16.1. The van der Waals surface area contributed by atoms with E-state index in [1.54, 1.807) is 42.5 Å². The Balaban J connectivity index is 1.86. The summed E-state index contributed by atoms with van der Waals surface area (Å²) in [5.41, 5.74) is 1.32. The Labute approximate surface area is 180 Å². The molecule has 30 heavy (non-hydrogen) atoms. The molecule has 3 nitrogen and oxygen atoms in total. The Kier molecular flexibility index (Phi) is 5.66. The van der Waals surface area contributed by atoms with Crippen molar-refractivity contribution in [3.8, 4) is 0 Å². The van der Waals surface area contributed by atoms with Gasteiger partial charge >= 0.3 is 0 Å². The molecule has 4 aromatic carbocycles. The van der Waals surface area contributed by atoms with Crippen molar-refractivity contribution in [3.05, 3.63) is 136 Å². The minimum absolute atomic E-state index is 0.292. The fourth-order valence-corrected chi connectivity index (χ4v) is 3.69. The normalized spacial score (nSPS) is 12.7. The average Bonchev–Trinajstić information content (AvgIpc) is 2.80. The molecule has 0 bridgehead atoms. The highest BCUT2D eigenvalue weighted by molar-refractivity contribution is 6.30. The second kappa shape index (κ2) is 8.54. The maximum absolute atomic E-state index is 13.2. The van der Waals surface area contributed by atoms with Gasteiger partial charge in [-0.15, -0.1) is 0 Å². The number of benzene rings is 4. The lowest BCUT2D eigenvalue weighted by Crippen LogP contribution is -2.32. The molecular weight excluding hydrogens is 394 g/mol. The van der Waals surface area contributed by atoms with Crippen molar-refractivity contribution < 1.29 is 9.90 Å². The third-order valence-electron chi connectivity index (χ3n) is 5.05. The van der Waals surface area contributed by atoms with E-state index in [1.165, 1.54) is 0 Å². The number of anilines is 1. The van der Waals surface area contributed by atoms with E-state index in [2.05, 4.69) is 5.32 Å². The Hall–Kier alpha value is -3.40. The molecule has 0 aliphatic heterocycles. The standard InChI is InChI=1S/C26H20ClNO2/c27-21-17-15-20(16-18-21)26(30,19-9-3-1-4-10-19)24-14-8-7-13-23(24)25(29)28-22-11-5-2-6-12-22/h1-18,30H,(H,28,29)/t26-/m0/s1. The van der Waals surface area contributed by atoms with Gasteiger partial charge in [-0.25, -0.2) is 0 Å². The van der Waals surface area contributed by atoms with Crippen LogP contribution < -0.4 is 5.32 Å². The van der Waals surface area contributed by atoms with Crippen molar-refractivity contribution in [1.29, 1.82) is 0 Å². The van der Waals surface area contributed by atoms with Gasteiger partial charge in [-0.2, -0.15) is 0 Å². The van der Waals surface area contributed by atoms with Crippen LogP contribution in [-0.4, -0.2) is 11.0 Å². The molecule has 0 unspecified atom stereocenters. The topological polar surface area (TPSA) is 49.3 Å². The first kappa shape index (κ1) is 19.9. The molecule has 0 saturated carbocycles. The van der Waals surface area contributed by atoms with Crippen molar-refractivity contribution in [3.63, 3.8) is 0 Å². The summed E-state index contributed by atoms with van der Waals surface area (Å²) >= 11 is 6.08. The fourth-order valence-electron chi connectivity index (χ4n) is 3.56. The molecule has 0 radical (unpaired) electrons. The lowest BCUT2D eigenvalue weighted by Gasteiger charge is -2.31. The number of para-hydroxylation sites is 1. The van der Waals surface area contributed by atoms with Crippen LogP contribution >= 0.6 is 11.6 Å². The number of amides is 1. The SMILES string of the molecule is O=C(Nc1ccccc1)c1ccccc1[C@](O)(c1ccccc1)c1ccc(Cl)cc1. The summed E-state index contributed by atoms with van der Waals surface area (Å²) in [6.45, 7) is 0. The van der Waals surface area contributed by atoms with Crippen LogP contribution in [-0.2, 0) is 5.60 Å². The summed E-state index contributed by atoms with van der Waals surface area (Å²) in [4.78, 5) is 13.2. The first-order valence-corrected chi connectivity index (χ1v) is 9.96. The van der Waals surface area contributed by atoms with Crippen LogP contribution in [0.2, 0.25) is 5.02 Å². The van der Waals surface area contributed by atoms with E-state index in [4.69, 9.17) is 11.6 Å². The smallest absolute Gasteiger partial charge is 0.256 e. The van der Waals surface area contributed by atoms with E-state index in [-0.39, 0.29) is 5.91 Å². The van der Waals surface area contributed by atoms with Crippen LogP contribution in [0, 0.1) is 0 Å². The summed E-state index contributed by atoms with van der Waals surface area (Å²) in [5.74, 6) is -0.292. The van der Waals surface area contributed by atoms with Crippen LogP contribution in [0.5, 0.6) is 0 Å². The molecule has 0 fully saturated rings. The molecule has 4 aromatic rings. The summed E-state index contributed by atoms with van der Waals surface area (Å²) < 4.78 is 0. The van der Waals surface area contributed by atoms with Crippen LogP contribution in [0.25, 0.3) is 0 Å². The Morgan fingerprint density at radius 3 is 1.90 bits per heavy atom. The quantitative estimate of drug-likeness (QED) is 0.401. The van der Waals surface area contributed by atoms with Crippen molar-refractivity contribution in [2.45, 2.75) is 5.60 Å². The summed E-state index contributed by atoms with van der Waals surface area (Å²) in [5, 5.41) is 15.6. The maximum atomic E-state index is 13.2. The predicted octanol–water partition coefficient (Wildman–Crippen LogP) is 5.88. The van der Waals surface area contributed by atoms with E-state index in [0.717, 1.165) is 0 Å². The van der Waals surface area contributed by atoms with Gasteiger partial charge in [0, 0.05) is 21.8 Å². The van der Waals surface area contributed by atoms with Crippen molar-refractivity contribution in [2.24, 2.45) is 0 Å². The van der Waals surface area contributed by atoms with E-state index in [1.807, 2.05) is 66.7 Å². The molecule has 0 aliphatic rings. The van der Waals surface area contributed by atoms with Gasteiger partial charge in [-0.1, -0.05) is 90.5 Å². The first-order valence-electron chi connectivity index (χ1n) is 9.59. The molecule has 2 N–H and O–H groups in total. The van der Waals surface area contributed by atoms with Crippen LogP contribution in [0.4, 0.5) is 5.69 Å². The molecule has 4 rings (SSSR count). The van der Waals surface area contributed by atoms with Gasteiger partial charge in [-0.05, 0) is 41.5 Å². The Bertz CT molecular complexity index is 1140. The summed E-state index contributed by atoms with van der Waals surface area (Å²) in [7, 11) is 0. The number of hydrogen-bond donors (Lipinski definition) is 2. The number of rotatable bonds is 5. The fraction of sp³-hybridized carbons (Fsp3) is 0.0385. The third-order valence-corrected chi connectivity index (χ3v) is 5.30. The monoisotopic (exact) mass is 413 g/mol. The molecule has 0 saturated heterocycles. The van der Waals surface area contributed by atoms with E-state index >= 15 is 0 Å². The molecular formula is C26H20ClNO2. The number of nitrogens with one attached hydrogen (secondary N) is 1. The molecule has 0 spiro atoms. The van der Waals surface area contributed by atoms with Crippen molar-refractivity contribution in [2.75, 3.05) is 5.32 Å². The first-order chi connectivity index (χ1) is 14.6. The van der Waals surface area contributed by atoms with Crippen molar-refractivity contribution in [1.82, 2.24) is 0 Å². The molecule has 4 heteroatoms. The second-order valence-corrected chi connectivity index (χ2v) is 7.39. The Morgan fingerprint density at radius 1 is 0.700 bits per heavy atom. The second-order valence-electron chi connectivity index (χ2n) is 6.95. The average molecular weight is 414 g/mol. The van der Waals surface area contributed by atoms with Gasteiger partial charge < -0.3 is 10.4 Å².